The summed E-state index contributed by atoms with van der Waals surface area (Å²) in [5.41, 5.74) is 0.195. The monoisotopic (exact) mass is 534 g/mol. The summed E-state index contributed by atoms with van der Waals surface area (Å²) < 4.78 is 5.88. The topological polar surface area (TPSA) is 46.5 Å². The second-order valence-corrected chi connectivity index (χ2v) is 17.3. The van der Waals surface area contributed by atoms with Crippen LogP contribution in [0.2, 0.25) is 0 Å². The Morgan fingerprint density at radius 2 is 1.12 bits per heavy atom. The van der Waals surface area contributed by atoms with Crippen LogP contribution in [-0.4, -0.2) is 23.8 Å². The molecule has 0 saturated heterocycles. The average molecular weight is 535 g/mol. The summed E-state index contributed by atoms with van der Waals surface area (Å²) in [7, 11) is 0. The number of unbranched alkanes of at least 4 members (excludes halogenated alkanes) is 1. The molecule has 0 amide bonds. The van der Waals surface area contributed by atoms with Crippen molar-refractivity contribution in [3.8, 4) is 5.75 Å². The standard InChI is InChI=1S/C29H28BrO3P/c30-34(24-14-4-1-5-15-24,25-16-6-2-7-17-25,26-18-8-3-9-19-26)23-13-12-22-33-28-21-11-10-20-27(28)29(31)32/h1-11,14-21H,12-13,22-23H2,(H,31,32). The van der Waals surface area contributed by atoms with Gasteiger partial charge in [-0.2, -0.15) is 0 Å². The number of aromatic carboxylic acids is 1. The molecule has 0 heterocycles. The normalized spacial score (nSPS) is 12.4. The van der Waals surface area contributed by atoms with Crippen LogP contribution in [0.25, 0.3) is 0 Å². The minimum atomic E-state index is -2.93. The van der Waals surface area contributed by atoms with Gasteiger partial charge in [0.15, 0.2) is 0 Å². The second kappa shape index (κ2) is 10.5. The summed E-state index contributed by atoms with van der Waals surface area (Å²) in [5, 5.41) is 10.4. The van der Waals surface area contributed by atoms with Crippen molar-refractivity contribution >= 4 is 42.7 Å². The van der Waals surface area contributed by atoms with E-state index in [4.69, 9.17) is 4.74 Å². The Hall–Kier alpha value is -2.94. The van der Waals surface area contributed by atoms with E-state index in [1.807, 2.05) is 0 Å². The molecule has 4 rings (SSSR count). The first-order valence-corrected chi connectivity index (χ1v) is 15.8. The molecule has 0 bridgehead atoms. The van der Waals surface area contributed by atoms with Gasteiger partial charge in [0.1, 0.15) is 0 Å². The van der Waals surface area contributed by atoms with Crippen LogP contribution >= 0.6 is 20.8 Å². The number of carbonyl (C=O) groups is 1. The molecule has 4 aromatic rings. The maximum absolute atomic E-state index is 11.5. The summed E-state index contributed by atoms with van der Waals surface area (Å²) in [6, 6.07) is 39.0. The summed E-state index contributed by atoms with van der Waals surface area (Å²) in [4.78, 5) is 11.5. The van der Waals surface area contributed by atoms with Gasteiger partial charge in [-0.3, -0.25) is 0 Å². The van der Waals surface area contributed by atoms with Crippen LogP contribution in [0, 0.1) is 0 Å². The Morgan fingerprint density at radius 1 is 0.676 bits per heavy atom. The Balaban J connectivity index is 1.64. The molecule has 174 valence electrons. The maximum atomic E-state index is 11.5. The van der Waals surface area contributed by atoms with Gasteiger partial charge in [-0.1, -0.05) is 0 Å². The molecule has 0 aliphatic carbocycles. The van der Waals surface area contributed by atoms with Gasteiger partial charge < -0.3 is 0 Å². The molecule has 0 aliphatic rings. The Labute approximate surface area is 209 Å². The Kier molecular flexibility index (Phi) is 7.50. The number of para-hydroxylation sites is 1. The van der Waals surface area contributed by atoms with Gasteiger partial charge in [0.2, 0.25) is 0 Å². The predicted molar refractivity (Wildman–Crippen MR) is 147 cm³/mol. The SMILES string of the molecule is O=C(O)c1ccccc1OCCCCP(Br)(c1ccccc1)(c1ccccc1)c1ccccc1. The van der Waals surface area contributed by atoms with Gasteiger partial charge in [-0.15, -0.1) is 0 Å². The summed E-state index contributed by atoms with van der Waals surface area (Å²) in [6.07, 6.45) is 2.65. The molecule has 0 atom stereocenters. The number of benzene rings is 4. The van der Waals surface area contributed by atoms with Crippen molar-refractivity contribution in [3.05, 3.63) is 121 Å². The summed E-state index contributed by atoms with van der Waals surface area (Å²) >= 11 is 4.46. The van der Waals surface area contributed by atoms with E-state index in [2.05, 4.69) is 106 Å². The van der Waals surface area contributed by atoms with E-state index in [1.54, 1.807) is 24.3 Å². The molecule has 3 nitrogen and oxygen atoms in total. The van der Waals surface area contributed by atoms with Gasteiger partial charge >= 0.3 is 210 Å². The quantitative estimate of drug-likeness (QED) is 0.189. The zero-order valence-electron chi connectivity index (χ0n) is 18.9. The van der Waals surface area contributed by atoms with E-state index >= 15 is 0 Å². The van der Waals surface area contributed by atoms with Crippen molar-refractivity contribution in [3.63, 3.8) is 0 Å². The number of carboxylic acids is 1. The Bertz CT molecular complexity index is 1130. The van der Waals surface area contributed by atoms with Gasteiger partial charge in [-0.05, 0) is 0 Å². The van der Waals surface area contributed by atoms with Gasteiger partial charge in [0.05, 0.1) is 0 Å². The number of hydrogen-bond acceptors (Lipinski definition) is 2. The van der Waals surface area contributed by atoms with Crippen LogP contribution in [0.15, 0.2) is 115 Å². The second-order valence-electron chi connectivity index (χ2n) is 8.27. The van der Waals surface area contributed by atoms with E-state index < -0.39 is 11.3 Å². The molecule has 0 fully saturated rings. The first-order chi connectivity index (χ1) is 16.5. The first kappa shape index (κ1) is 24.2. The zero-order chi connectivity index (χ0) is 23.9. The third-order valence-electron chi connectivity index (χ3n) is 6.23. The summed E-state index contributed by atoms with van der Waals surface area (Å²) in [6.45, 7) is 0.460. The minimum absolute atomic E-state index is 0.195. The van der Waals surface area contributed by atoms with E-state index in [-0.39, 0.29) is 5.56 Å². The van der Waals surface area contributed by atoms with Crippen LogP contribution < -0.4 is 20.7 Å². The number of rotatable bonds is 10. The van der Waals surface area contributed by atoms with E-state index in [1.165, 1.54) is 15.9 Å². The van der Waals surface area contributed by atoms with Crippen molar-refractivity contribution in [2.24, 2.45) is 0 Å². The van der Waals surface area contributed by atoms with Crippen molar-refractivity contribution < 1.29 is 14.6 Å². The molecule has 5 heteroatoms. The van der Waals surface area contributed by atoms with Crippen LogP contribution in [-0.2, 0) is 0 Å². The van der Waals surface area contributed by atoms with Crippen molar-refractivity contribution in [2.75, 3.05) is 12.8 Å². The van der Waals surface area contributed by atoms with Gasteiger partial charge in [0.25, 0.3) is 0 Å². The molecule has 34 heavy (non-hydrogen) atoms. The fraction of sp³-hybridized carbons (Fsp3) is 0.138. The number of hydrogen-bond donors (Lipinski definition) is 1. The fourth-order valence-electron chi connectivity index (χ4n) is 4.51. The Morgan fingerprint density at radius 3 is 1.59 bits per heavy atom. The fourth-order valence-corrected chi connectivity index (χ4v) is 12.3. The molecule has 0 aromatic heterocycles. The summed E-state index contributed by atoms with van der Waals surface area (Å²) in [5.74, 6) is -0.557. The molecule has 0 saturated carbocycles. The molecule has 0 spiro atoms. The van der Waals surface area contributed by atoms with Crippen LogP contribution in [0.4, 0.5) is 0 Å². The van der Waals surface area contributed by atoms with Gasteiger partial charge in [-0.25, -0.2) is 0 Å². The van der Waals surface area contributed by atoms with Crippen molar-refractivity contribution in [1.29, 1.82) is 0 Å². The molecule has 0 unspecified atom stereocenters. The first-order valence-electron chi connectivity index (χ1n) is 11.4. The number of halogens is 1. The molecule has 1 N–H and O–H groups in total. The molecular formula is C29H28BrO3P. The molecule has 0 radical (unpaired) electrons. The van der Waals surface area contributed by atoms with Crippen LogP contribution in [0.3, 0.4) is 0 Å². The molecule has 4 aromatic carbocycles. The third-order valence-corrected chi connectivity index (χ3v) is 16.3. The van der Waals surface area contributed by atoms with Crippen molar-refractivity contribution in [1.82, 2.24) is 0 Å². The van der Waals surface area contributed by atoms with Crippen LogP contribution in [0.5, 0.6) is 5.75 Å². The van der Waals surface area contributed by atoms with Crippen LogP contribution in [0.1, 0.15) is 23.2 Å². The van der Waals surface area contributed by atoms with E-state index in [9.17, 15) is 9.90 Å². The number of ether oxygens (including phenoxy) is 1. The van der Waals surface area contributed by atoms with Gasteiger partial charge in [0, 0.05) is 0 Å². The molecule has 0 aliphatic heterocycles. The third kappa shape index (κ3) is 4.66. The number of carboxylic acid groups (broad SMARTS) is 1. The zero-order valence-corrected chi connectivity index (χ0v) is 21.4. The van der Waals surface area contributed by atoms with E-state index in [0.717, 1.165) is 19.0 Å². The van der Waals surface area contributed by atoms with E-state index in [0.29, 0.717) is 12.4 Å². The average Bonchev–Trinajstić information content (AvgIpc) is 2.90. The molecular weight excluding hydrogens is 507 g/mol. The van der Waals surface area contributed by atoms with Crippen molar-refractivity contribution in [2.45, 2.75) is 12.8 Å². The predicted octanol–water partition coefficient (Wildman–Crippen LogP) is 6.38.